The number of hydrazine groups is 1. The summed E-state index contributed by atoms with van der Waals surface area (Å²) in [6, 6.07) is 7.08. The third-order valence-electron chi connectivity index (χ3n) is 3.93. The molecular weight excluding hydrogens is 267 g/mol. The van der Waals surface area contributed by atoms with Gasteiger partial charge in [-0.25, -0.2) is 4.39 Å². The highest BCUT2D eigenvalue weighted by molar-refractivity contribution is 5.30. The van der Waals surface area contributed by atoms with E-state index in [1.54, 1.807) is 6.07 Å². The normalized spacial score (nSPS) is 14.1. The molecule has 0 fully saturated rings. The number of nitrogens with zero attached hydrogens (tertiary/aromatic N) is 2. The summed E-state index contributed by atoms with van der Waals surface area (Å²) in [6.07, 6.45) is 3.71. The number of hydrogen-bond acceptors (Lipinski definition) is 3. The lowest BCUT2D eigenvalue weighted by Gasteiger charge is -2.17. The first-order valence-electron chi connectivity index (χ1n) is 7.31. The van der Waals surface area contributed by atoms with Crippen LogP contribution in [0, 0.1) is 12.7 Å². The van der Waals surface area contributed by atoms with E-state index >= 15 is 0 Å². The largest absolute Gasteiger partial charge is 0.271 e. The Labute approximate surface area is 125 Å². The minimum absolute atomic E-state index is 0.0779. The van der Waals surface area contributed by atoms with Crippen molar-refractivity contribution < 1.29 is 4.39 Å². The maximum atomic E-state index is 13.2. The summed E-state index contributed by atoms with van der Waals surface area (Å²) in [7, 11) is 0. The fourth-order valence-corrected chi connectivity index (χ4v) is 2.42. The average molecular weight is 290 g/mol. The van der Waals surface area contributed by atoms with Gasteiger partial charge in [0.2, 0.25) is 0 Å². The fourth-order valence-electron chi connectivity index (χ4n) is 2.42. The Bertz CT molecular complexity index is 594. The number of halogens is 1. The third-order valence-corrected chi connectivity index (χ3v) is 3.93. The van der Waals surface area contributed by atoms with Gasteiger partial charge in [-0.15, -0.1) is 0 Å². The summed E-state index contributed by atoms with van der Waals surface area (Å²) in [4.78, 5) is 0. The molecule has 0 saturated heterocycles. The van der Waals surface area contributed by atoms with E-state index < -0.39 is 0 Å². The van der Waals surface area contributed by atoms with Crippen LogP contribution in [0.5, 0.6) is 0 Å². The van der Waals surface area contributed by atoms with Crippen LogP contribution >= 0.6 is 0 Å². The molecule has 21 heavy (non-hydrogen) atoms. The molecule has 0 aliphatic carbocycles. The van der Waals surface area contributed by atoms with E-state index in [1.165, 1.54) is 12.1 Å². The second kappa shape index (κ2) is 6.83. The molecule has 2 unspecified atom stereocenters. The summed E-state index contributed by atoms with van der Waals surface area (Å²) >= 11 is 0. The number of nitrogens with two attached hydrogens (primary N) is 1. The van der Waals surface area contributed by atoms with Crippen LogP contribution < -0.4 is 11.3 Å². The van der Waals surface area contributed by atoms with Crippen LogP contribution in [-0.2, 0) is 6.42 Å². The smallest absolute Gasteiger partial charge is 0.123 e. The Morgan fingerprint density at radius 2 is 2.14 bits per heavy atom. The molecule has 3 N–H and O–H groups in total. The Balaban J connectivity index is 2.17. The quantitative estimate of drug-likeness (QED) is 0.635. The first-order valence-corrected chi connectivity index (χ1v) is 7.31. The molecule has 4 nitrogen and oxygen atoms in total. The molecule has 114 valence electrons. The molecule has 0 bridgehead atoms. The minimum Gasteiger partial charge on any atom is -0.271 e. The predicted molar refractivity (Wildman–Crippen MR) is 82.1 cm³/mol. The van der Waals surface area contributed by atoms with Gasteiger partial charge in [0, 0.05) is 18.7 Å². The topological polar surface area (TPSA) is 55.9 Å². The zero-order chi connectivity index (χ0) is 15.4. The van der Waals surface area contributed by atoms with Crippen LogP contribution in [0.2, 0.25) is 0 Å². The van der Waals surface area contributed by atoms with Gasteiger partial charge in [0.05, 0.1) is 11.7 Å². The molecule has 5 heteroatoms. The zero-order valence-electron chi connectivity index (χ0n) is 12.8. The number of hydrogen-bond donors (Lipinski definition) is 2. The first-order chi connectivity index (χ1) is 10.0. The molecule has 0 radical (unpaired) electrons. The molecule has 1 aromatic carbocycles. The molecule has 0 amide bonds. The lowest BCUT2D eigenvalue weighted by Crippen LogP contribution is -2.30. The highest BCUT2D eigenvalue weighted by Crippen LogP contribution is 2.22. The van der Waals surface area contributed by atoms with Crippen molar-refractivity contribution in [1.29, 1.82) is 0 Å². The van der Waals surface area contributed by atoms with Crippen molar-refractivity contribution in [3.05, 3.63) is 53.1 Å². The second-order valence-corrected chi connectivity index (χ2v) is 5.47. The molecule has 0 aliphatic rings. The van der Waals surface area contributed by atoms with E-state index in [0.717, 1.165) is 23.2 Å². The molecule has 2 rings (SSSR count). The van der Waals surface area contributed by atoms with Gasteiger partial charge < -0.3 is 0 Å². The van der Waals surface area contributed by atoms with Crippen molar-refractivity contribution >= 4 is 0 Å². The number of nitrogens with one attached hydrogen (secondary N) is 1. The van der Waals surface area contributed by atoms with Crippen molar-refractivity contribution in [3.8, 4) is 0 Å². The maximum Gasteiger partial charge on any atom is 0.123 e. The third kappa shape index (κ3) is 3.68. The molecule has 2 atom stereocenters. The van der Waals surface area contributed by atoms with Crippen LogP contribution in [-0.4, -0.2) is 9.78 Å². The molecule has 0 saturated carbocycles. The molecule has 0 aliphatic heterocycles. The lowest BCUT2D eigenvalue weighted by atomic mass is 9.98. The number of aromatic nitrogens is 2. The minimum atomic E-state index is -0.229. The standard InChI is InChI=1S/C16H23FN4/c1-4-12(3)21-8-7-14(20-21)10-16(19-18)15-6-5-13(17)9-11(15)2/h5-9,12,16,19H,4,10,18H2,1-3H3. The number of aryl methyl sites for hydroxylation is 1. The Hall–Kier alpha value is -1.72. The summed E-state index contributed by atoms with van der Waals surface area (Å²) < 4.78 is 15.2. The molecule has 2 aromatic rings. The molecule has 0 spiro atoms. The van der Waals surface area contributed by atoms with Crippen LogP contribution in [0.1, 0.15) is 49.2 Å². The van der Waals surface area contributed by atoms with Gasteiger partial charge in [-0.1, -0.05) is 13.0 Å². The maximum absolute atomic E-state index is 13.2. The number of benzene rings is 1. The first kappa shape index (κ1) is 15.7. The van der Waals surface area contributed by atoms with Crippen molar-refractivity contribution in [3.63, 3.8) is 0 Å². The van der Waals surface area contributed by atoms with Crippen LogP contribution in [0.3, 0.4) is 0 Å². The second-order valence-electron chi connectivity index (χ2n) is 5.47. The molecular formula is C16H23FN4. The van der Waals surface area contributed by atoms with E-state index in [-0.39, 0.29) is 11.9 Å². The van der Waals surface area contributed by atoms with Crippen molar-refractivity contribution in [2.24, 2.45) is 5.84 Å². The van der Waals surface area contributed by atoms with Crippen LogP contribution in [0.15, 0.2) is 30.5 Å². The van der Waals surface area contributed by atoms with E-state index in [4.69, 9.17) is 5.84 Å². The van der Waals surface area contributed by atoms with E-state index in [1.807, 2.05) is 23.9 Å². The summed E-state index contributed by atoms with van der Waals surface area (Å²) in [5.74, 6) is 5.45. The van der Waals surface area contributed by atoms with E-state index in [2.05, 4.69) is 24.4 Å². The predicted octanol–water partition coefficient (Wildman–Crippen LogP) is 3.05. The van der Waals surface area contributed by atoms with E-state index in [0.29, 0.717) is 12.5 Å². The highest BCUT2D eigenvalue weighted by Gasteiger charge is 2.15. The van der Waals surface area contributed by atoms with Gasteiger partial charge in [-0.2, -0.15) is 5.10 Å². The van der Waals surface area contributed by atoms with Gasteiger partial charge >= 0.3 is 0 Å². The molecule has 1 heterocycles. The van der Waals surface area contributed by atoms with Gasteiger partial charge in [0.1, 0.15) is 5.82 Å². The Kier molecular flexibility index (Phi) is 5.09. The number of rotatable bonds is 6. The lowest BCUT2D eigenvalue weighted by molar-refractivity contribution is 0.466. The van der Waals surface area contributed by atoms with E-state index in [9.17, 15) is 4.39 Å². The zero-order valence-corrected chi connectivity index (χ0v) is 12.8. The average Bonchev–Trinajstić information content (AvgIpc) is 2.93. The monoisotopic (exact) mass is 290 g/mol. The summed E-state index contributed by atoms with van der Waals surface area (Å²) in [5.41, 5.74) is 5.67. The summed E-state index contributed by atoms with van der Waals surface area (Å²) in [6.45, 7) is 6.16. The van der Waals surface area contributed by atoms with Crippen LogP contribution in [0.4, 0.5) is 4.39 Å². The van der Waals surface area contributed by atoms with Crippen molar-refractivity contribution in [2.75, 3.05) is 0 Å². The van der Waals surface area contributed by atoms with Crippen molar-refractivity contribution in [2.45, 2.75) is 45.7 Å². The van der Waals surface area contributed by atoms with Crippen molar-refractivity contribution in [1.82, 2.24) is 15.2 Å². The molecule has 1 aromatic heterocycles. The van der Waals surface area contributed by atoms with Gasteiger partial charge in [-0.3, -0.25) is 16.0 Å². The fraction of sp³-hybridized carbons (Fsp3) is 0.438. The van der Waals surface area contributed by atoms with Crippen LogP contribution in [0.25, 0.3) is 0 Å². The Morgan fingerprint density at radius 1 is 1.38 bits per heavy atom. The van der Waals surface area contributed by atoms with Gasteiger partial charge in [0.25, 0.3) is 0 Å². The highest BCUT2D eigenvalue weighted by atomic mass is 19.1. The summed E-state index contributed by atoms with van der Waals surface area (Å²) in [5, 5.41) is 4.59. The SMILES string of the molecule is CCC(C)n1ccc(CC(NN)c2ccc(F)cc2C)n1. The van der Waals surface area contributed by atoms with Gasteiger partial charge in [0.15, 0.2) is 0 Å². The Morgan fingerprint density at radius 3 is 2.76 bits per heavy atom. The van der Waals surface area contributed by atoms with Gasteiger partial charge in [-0.05, 0) is 49.6 Å².